The Balaban J connectivity index is 1.40. The second kappa shape index (κ2) is 10.9. The van der Waals surface area contributed by atoms with Gasteiger partial charge in [-0.05, 0) is 55.3 Å². The molecule has 0 radical (unpaired) electrons. The van der Waals surface area contributed by atoms with Crippen LogP contribution in [0.15, 0.2) is 48.5 Å². The minimum atomic E-state index is -0.395. The van der Waals surface area contributed by atoms with Gasteiger partial charge in [0, 0.05) is 5.69 Å². The minimum absolute atomic E-state index is 0.117. The first kappa shape index (κ1) is 21.9. The van der Waals surface area contributed by atoms with Crippen LogP contribution in [0.4, 0.5) is 5.69 Å². The van der Waals surface area contributed by atoms with Gasteiger partial charge in [0.2, 0.25) is 11.8 Å². The van der Waals surface area contributed by atoms with Crippen molar-refractivity contribution in [1.82, 2.24) is 16.2 Å². The summed E-state index contributed by atoms with van der Waals surface area (Å²) in [6.45, 7) is 2.51. The molecule has 0 bridgehead atoms. The van der Waals surface area contributed by atoms with Crippen LogP contribution in [0.5, 0.6) is 11.5 Å². The molecule has 1 saturated heterocycles. The Bertz CT molecular complexity index is 845. The number of carbonyl (C=O) groups is 2. The number of methoxy groups -OCH3 is 1. The fraction of sp³-hybridized carbons (Fsp3) is 0.333. The third kappa shape index (κ3) is 6.38. The molecule has 1 heterocycles. The van der Waals surface area contributed by atoms with Crippen LogP contribution in [0.2, 0.25) is 0 Å². The molecule has 2 unspecified atom stereocenters. The summed E-state index contributed by atoms with van der Waals surface area (Å²) < 4.78 is 10.5. The van der Waals surface area contributed by atoms with E-state index in [0.29, 0.717) is 18.7 Å². The lowest BCUT2D eigenvalue weighted by Gasteiger charge is -2.31. The summed E-state index contributed by atoms with van der Waals surface area (Å²) in [5.74, 6) is 1.46. The summed E-state index contributed by atoms with van der Waals surface area (Å²) in [6, 6.07) is 14.4. The number of nitrogens with one attached hydrogen (secondary N) is 4. The van der Waals surface area contributed by atoms with E-state index in [2.05, 4.69) is 21.5 Å². The number of hydrogen-bond donors (Lipinski definition) is 4. The molecule has 3 rings (SSSR count). The topological polar surface area (TPSA) is 101 Å². The van der Waals surface area contributed by atoms with Crippen LogP contribution < -0.4 is 31.0 Å². The Morgan fingerprint density at radius 2 is 1.77 bits per heavy atom. The maximum atomic E-state index is 12.4. The molecule has 2 atom stereocenters. The summed E-state index contributed by atoms with van der Waals surface area (Å²) in [4.78, 5) is 24.6. The van der Waals surface area contributed by atoms with Gasteiger partial charge >= 0.3 is 0 Å². The SMILES string of the molecule is CCOc1ccc(NC(=O)CSC2NNC(Cc3ccc(OC)cc3)C(=O)N2)cc1. The van der Waals surface area contributed by atoms with Gasteiger partial charge in [0.05, 0.1) is 19.5 Å². The second-order valence-corrected chi connectivity index (χ2v) is 7.69. The van der Waals surface area contributed by atoms with E-state index < -0.39 is 11.5 Å². The molecule has 160 valence electrons. The monoisotopic (exact) mass is 430 g/mol. The molecule has 8 nitrogen and oxygen atoms in total. The molecule has 1 fully saturated rings. The van der Waals surface area contributed by atoms with Gasteiger partial charge in [-0.15, -0.1) is 11.8 Å². The Labute approximate surface area is 180 Å². The molecule has 2 aromatic carbocycles. The molecule has 30 heavy (non-hydrogen) atoms. The largest absolute Gasteiger partial charge is 0.497 e. The molecular formula is C21H26N4O4S. The zero-order valence-electron chi connectivity index (χ0n) is 16.9. The van der Waals surface area contributed by atoms with Crippen molar-refractivity contribution in [2.45, 2.75) is 24.9 Å². The zero-order valence-corrected chi connectivity index (χ0v) is 17.8. The van der Waals surface area contributed by atoms with Gasteiger partial charge in [-0.1, -0.05) is 12.1 Å². The van der Waals surface area contributed by atoms with E-state index >= 15 is 0 Å². The van der Waals surface area contributed by atoms with Crippen molar-refractivity contribution in [3.63, 3.8) is 0 Å². The normalized spacial score (nSPS) is 18.4. The van der Waals surface area contributed by atoms with Crippen molar-refractivity contribution in [2.75, 3.05) is 24.8 Å². The lowest BCUT2D eigenvalue weighted by molar-refractivity contribution is -0.125. The number of hydrogen-bond acceptors (Lipinski definition) is 7. The van der Waals surface area contributed by atoms with Gasteiger partial charge in [-0.3, -0.25) is 9.59 Å². The van der Waals surface area contributed by atoms with Crippen LogP contribution >= 0.6 is 11.8 Å². The van der Waals surface area contributed by atoms with E-state index in [1.807, 2.05) is 43.3 Å². The Morgan fingerprint density at radius 1 is 1.07 bits per heavy atom. The van der Waals surface area contributed by atoms with E-state index in [-0.39, 0.29) is 17.6 Å². The maximum Gasteiger partial charge on any atom is 0.240 e. The summed E-state index contributed by atoms with van der Waals surface area (Å²) >= 11 is 1.29. The van der Waals surface area contributed by atoms with E-state index in [1.165, 1.54) is 11.8 Å². The van der Waals surface area contributed by atoms with Crippen molar-refractivity contribution in [1.29, 1.82) is 0 Å². The molecule has 2 aromatic rings. The van der Waals surface area contributed by atoms with Gasteiger partial charge in [-0.2, -0.15) is 0 Å². The molecule has 9 heteroatoms. The molecule has 0 aliphatic carbocycles. The van der Waals surface area contributed by atoms with Crippen molar-refractivity contribution in [3.05, 3.63) is 54.1 Å². The van der Waals surface area contributed by atoms with Gasteiger partial charge in [0.25, 0.3) is 0 Å². The fourth-order valence-electron chi connectivity index (χ4n) is 2.89. The first-order valence-electron chi connectivity index (χ1n) is 9.66. The number of anilines is 1. The third-order valence-corrected chi connectivity index (χ3v) is 5.41. The lowest BCUT2D eigenvalue weighted by Crippen LogP contribution is -2.64. The van der Waals surface area contributed by atoms with Gasteiger partial charge < -0.3 is 20.1 Å². The van der Waals surface area contributed by atoms with Crippen LogP contribution in [-0.2, 0) is 16.0 Å². The average molecular weight is 431 g/mol. The quantitative estimate of drug-likeness (QED) is 0.482. The third-order valence-electron chi connectivity index (χ3n) is 4.41. The molecule has 4 N–H and O–H groups in total. The zero-order chi connectivity index (χ0) is 21.3. The van der Waals surface area contributed by atoms with Crippen molar-refractivity contribution in [2.24, 2.45) is 0 Å². The number of rotatable bonds is 9. The molecule has 2 amide bonds. The molecule has 0 spiro atoms. The van der Waals surface area contributed by atoms with Crippen LogP contribution in [0, 0.1) is 0 Å². The predicted molar refractivity (Wildman–Crippen MR) is 117 cm³/mol. The average Bonchev–Trinajstić information content (AvgIpc) is 2.76. The maximum absolute atomic E-state index is 12.4. The second-order valence-electron chi connectivity index (χ2n) is 6.60. The summed E-state index contributed by atoms with van der Waals surface area (Å²) in [5, 5.41) is 5.71. The summed E-state index contributed by atoms with van der Waals surface area (Å²) in [7, 11) is 1.62. The number of benzene rings is 2. The fourth-order valence-corrected chi connectivity index (χ4v) is 3.63. The Kier molecular flexibility index (Phi) is 7.95. The molecule has 0 saturated carbocycles. The number of thioether (sulfide) groups is 1. The molecule has 1 aliphatic rings. The van der Waals surface area contributed by atoms with Crippen molar-refractivity contribution >= 4 is 29.3 Å². The van der Waals surface area contributed by atoms with Gasteiger partial charge in [0.1, 0.15) is 23.0 Å². The lowest BCUT2D eigenvalue weighted by atomic mass is 10.1. The van der Waals surface area contributed by atoms with E-state index in [9.17, 15) is 9.59 Å². The van der Waals surface area contributed by atoms with Crippen LogP contribution in [-0.4, -0.2) is 42.8 Å². The summed E-state index contributed by atoms with van der Waals surface area (Å²) in [5.41, 5.74) is 7.39. The molecule has 0 aromatic heterocycles. The number of amides is 2. The molecule has 1 aliphatic heterocycles. The standard InChI is InChI=1S/C21H26N4O4S/c1-3-29-17-10-6-15(7-11-17)22-19(26)13-30-21-23-20(27)18(24-25-21)12-14-4-8-16(28-2)9-5-14/h4-11,18,21,24-25H,3,12-13H2,1-2H3,(H,22,26)(H,23,27). The minimum Gasteiger partial charge on any atom is -0.497 e. The highest BCUT2D eigenvalue weighted by molar-refractivity contribution is 8.00. The van der Waals surface area contributed by atoms with E-state index in [1.54, 1.807) is 19.2 Å². The van der Waals surface area contributed by atoms with Gasteiger partial charge in [-0.25, -0.2) is 10.9 Å². The smallest absolute Gasteiger partial charge is 0.240 e. The Hall–Kier alpha value is -2.75. The van der Waals surface area contributed by atoms with Gasteiger partial charge in [0.15, 0.2) is 0 Å². The number of ether oxygens (including phenoxy) is 2. The van der Waals surface area contributed by atoms with Crippen LogP contribution in [0.25, 0.3) is 0 Å². The first-order valence-corrected chi connectivity index (χ1v) is 10.7. The predicted octanol–water partition coefficient (Wildman–Crippen LogP) is 1.88. The van der Waals surface area contributed by atoms with E-state index in [0.717, 1.165) is 17.1 Å². The van der Waals surface area contributed by atoms with Crippen LogP contribution in [0.1, 0.15) is 12.5 Å². The van der Waals surface area contributed by atoms with E-state index in [4.69, 9.17) is 9.47 Å². The van der Waals surface area contributed by atoms with Crippen LogP contribution in [0.3, 0.4) is 0 Å². The Morgan fingerprint density at radius 3 is 2.40 bits per heavy atom. The molecular weight excluding hydrogens is 404 g/mol. The number of carbonyl (C=O) groups excluding carboxylic acids is 2. The first-order chi connectivity index (χ1) is 14.6. The highest BCUT2D eigenvalue weighted by Gasteiger charge is 2.27. The number of hydrazine groups is 1. The van der Waals surface area contributed by atoms with Crippen molar-refractivity contribution < 1.29 is 19.1 Å². The highest BCUT2D eigenvalue weighted by Crippen LogP contribution is 2.17. The summed E-state index contributed by atoms with van der Waals surface area (Å²) in [6.07, 6.45) is 0.540. The highest BCUT2D eigenvalue weighted by atomic mass is 32.2. The van der Waals surface area contributed by atoms with Crippen molar-refractivity contribution in [3.8, 4) is 11.5 Å².